The minimum Gasteiger partial charge on any atom is -0.481 e. The topological polar surface area (TPSA) is 203 Å². The number of benzene rings is 1. The average Bonchev–Trinajstić information content (AvgIpc) is 3.09. The summed E-state index contributed by atoms with van der Waals surface area (Å²) in [4.78, 5) is 82.6. The van der Waals surface area contributed by atoms with Gasteiger partial charge in [-0.25, -0.2) is 4.79 Å². The van der Waals surface area contributed by atoms with Crippen molar-refractivity contribution in [1.82, 2.24) is 24.9 Å². The number of ether oxygens (including phenoxy) is 6. The third-order valence-electron chi connectivity index (χ3n) is 8.38. The van der Waals surface area contributed by atoms with Gasteiger partial charge in [0.1, 0.15) is 29.2 Å². The van der Waals surface area contributed by atoms with Gasteiger partial charge in [0.05, 0.1) is 39.4 Å². The number of nitrogens with one attached hydrogen (secondary N) is 1. The molecule has 1 aliphatic heterocycles. The first-order chi connectivity index (χ1) is 27.9. The van der Waals surface area contributed by atoms with Gasteiger partial charge in [0, 0.05) is 65.3 Å². The van der Waals surface area contributed by atoms with Gasteiger partial charge in [-0.05, 0) is 86.4 Å². The van der Waals surface area contributed by atoms with Gasteiger partial charge in [0.2, 0.25) is 5.91 Å². The first kappa shape index (κ1) is 51.8. The molecule has 18 nitrogen and oxygen atoms in total. The number of hydrogen-bond acceptors (Lipinski definition) is 16. The number of carbonyl (C=O) groups is 6. The van der Waals surface area contributed by atoms with E-state index in [1.165, 1.54) is 0 Å². The molecule has 18 heteroatoms. The zero-order chi connectivity index (χ0) is 44.9. The van der Waals surface area contributed by atoms with E-state index in [0.29, 0.717) is 58.8 Å². The second-order valence-electron chi connectivity index (χ2n) is 17.6. The van der Waals surface area contributed by atoms with E-state index in [1.807, 2.05) is 40.4 Å². The summed E-state index contributed by atoms with van der Waals surface area (Å²) >= 11 is 0. The highest BCUT2D eigenvalue weighted by atomic mass is 16.7. The maximum absolute atomic E-state index is 13.2. The number of carboxylic acid groups (broad SMARTS) is 1. The van der Waals surface area contributed by atoms with Crippen molar-refractivity contribution in [2.45, 2.75) is 92.0 Å². The summed E-state index contributed by atoms with van der Waals surface area (Å²) in [5.41, 5.74) is -1.20. The van der Waals surface area contributed by atoms with Gasteiger partial charge in [-0.3, -0.25) is 43.6 Å². The number of amides is 1. The van der Waals surface area contributed by atoms with Crippen LogP contribution in [0.4, 0.5) is 4.79 Å². The first-order valence-electron chi connectivity index (χ1n) is 20.5. The van der Waals surface area contributed by atoms with Crippen LogP contribution in [0, 0.1) is 0 Å². The van der Waals surface area contributed by atoms with Crippen LogP contribution in [0.1, 0.15) is 74.3 Å². The fraction of sp³-hybridized carbons (Fsp3) is 0.714. The molecule has 340 valence electrons. The van der Waals surface area contributed by atoms with E-state index >= 15 is 0 Å². The Kier molecular flexibility index (Phi) is 21.9. The molecule has 1 saturated heterocycles. The molecule has 1 heterocycles. The molecule has 0 bridgehead atoms. The maximum atomic E-state index is 13.2. The van der Waals surface area contributed by atoms with Crippen molar-refractivity contribution in [3.05, 3.63) is 29.8 Å². The van der Waals surface area contributed by atoms with Gasteiger partial charge >= 0.3 is 30.0 Å². The fourth-order valence-corrected chi connectivity index (χ4v) is 5.79. The molecular weight excluding hydrogens is 782 g/mol. The van der Waals surface area contributed by atoms with Crippen LogP contribution < -0.4 is 10.1 Å². The van der Waals surface area contributed by atoms with E-state index < -0.39 is 28.9 Å². The maximum Gasteiger partial charge on any atom is 0.513 e. The van der Waals surface area contributed by atoms with E-state index in [9.17, 15) is 28.8 Å². The van der Waals surface area contributed by atoms with Gasteiger partial charge in [-0.1, -0.05) is 12.1 Å². The SMILES string of the molecule is CC(C)(C)OC(=O)CN1CCN(CC(=O)NCCOCCOC(=O)Oc2ccc(CCC(=O)O)cc2)CCN(CC(=O)OC(C)(C)C)CCN(CC(=O)OC(C)(C)C)CC1. The summed E-state index contributed by atoms with van der Waals surface area (Å²) in [6.45, 7) is 20.1. The minimum absolute atomic E-state index is 0.000558. The number of nitrogens with zero attached hydrogens (tertiary/aromatic N) is 4. The van der Waals surface area contributed by atoms with Gasteiger partial charge in [0.15, 0.2) is 0 Å². The molecule has 1 aromatic rings. The van der Waals surface area contributed by atoms with Crippen LogP contribution >= 0.6 is 0 Å². The number of esters is 3. The molecule has 60 heavy (non-hydrogen) atoms. The number of carboxylic acids is 1. The van der Waals surface area contributed by atoms with Crippen LogP contribution in [-0.4, -0.2) is 182 Å². The van der Waals surface area contributed by atoms with Gasteiger partial charge in [-0.2, -0.15) is 0 Å². The zero-order valence-electron chi connectivity index (χ0n) is 37.2. The quantitative estimate of drug-likeness (QED) is 0.0944. The fourth-order valence-electron chi connectivity index (χ4n) is 5.79. The van der Waals surface area contributed by atoms with E-state index in [2.05, 4.69) is 5.32 Å². The molecule has 1 aromatic carbocycles. The predicted molar refractivity (Wildman–Crippen MR) is 221 cm³/mol. The molecule has 2 N–H and O–H groups in total. The lowest BCUT2D eigenvalue weighted by Gasteiger charge is -2.34. The van der Waals surface area contributed by atoms with Crippen LogP contribution in [0.5, 0.6) is 5.75 Å². The Bertz CT molecular complexity index is 1470. The van der Waals surface area contributed by atoms with Crippen molar-refractivity contribution in [2.24, 2.45) is 0 Å². The first-order valence-corrected chi connectivity index (χ1v) is 20.5. The summed E-state index contributed by atoms with van der Waals surface area (Å²) in [6, 6.07) is 6.46. The lowest BCUT2D eigenvalue weighted by Crippen LogP contribution is -2.50. The highest BCUT2D eigenvalue weighted by molar-refractivity contribution is 5.78. The number of carbonyl (C=O) groups excluding carboxylic acids is 5. The summed E-state index contributed by atoms with van der Waals surface area (Å²) in [5, 5.41) is 11.7. The Balaban J connectivity index is 2.00. The minimum atomic E-state index is -0.913. The molecule has 1 aliphatic rings. The van der Waals surface area contributed by atoms with Crippen LogP contribution in [-0.2, 0) is 54.1 Å². The van der Waals surface area contributed by atoms with Gasteiger partial charge in [0.25, 0.3) is 0 Å². The lowest BCUT2D eigenvalue weighted by molar-refractivity contribution is -0.158. The zero-order valence-corrected chi connectivity index (χ0v) is 37.2. The lowest BCUT2D eigenvalue weighted by atomic mass is 10.1. The van der Waals surface area contributed by atoms with E-state index in [-0.39, 0.29) is 88.5 Å². The summed E-state index contributed by atoms with van der Waals surface area (Å²) in [7, 11) is 0. The smallest absolute Gasteiger partial charge is 0.481 e. The Labute approximate surface area is 355 Å². The second kappa shape index (κ2) is 25.4. The molecule has 0 aromatic heterocycles. The predicted octanol–water partition coefficient (Wildman–Crippen LogP) is 2.60. The summed E-state index contributed by atoms with van der Waals surface area (Å²) < 4.78 is 32.5. The standard InChI is InChI=1S/C42H69N5O13/c1-40(2,3)58-36(51)29-45-19-17-44(18-20-46(30-37(52)59-41(4,5)6)22-24-47(23-21-45)31-38(53)60-42(7,8)9)28-34(48)43-16-25-55-26-27-56-39(54)57-33-13-10-32(11-14-33)12-15-35(49)50/h10-11,13-14H,12,15-31H2,1-9H3,(H,43,48)(H,49,50). The number of rotatable bonds is 18. The van der Waals surface area contributed by atoms with E-state index in [0.717, 1.165) is 5.56 Å². The molecule has 0 aliphatic carbocycles. The van der Waals surface area contributed by atoms with Crippen LogP contribution in [0.2, 0.25) is 0 Å². The third-order valence-corrected chi connectivity index (χ3v) is 8.38. The van der Waals surface area contributed by atoms with Gasteiger partial charge in [-0.15, -0.1) is 0 Å². The Morgan fingerprint density at radius 3 is 1.37 bits per heavy atom. The molecular formula is C42H69N5O13. The van der Waals surface area contributed by atoms with Crippen molar-refractivity contribution in [1.29, 1.82) is 0 Å². The second-order valence-corrected chi connectivity index (χ2v) is 17.6. The highest BCUT2D eigenvalue weighted by Crippen LogP contribution is 2.15. The number of aryl methyl sites for hydroxylation is 1. The normalized spacial score (nSPS) is 15.8. The molecule has 0 radical (unpaired) electrons. The molecule has 1 amide bonds. The average molecular weight is 852 g/mol. The van der Waals surface area contributed by atoms with Crippen molar-refractivity contribution in [2.75, 3.05) is 105 Å². The van der Waals surface area contributed by atoms with E-state index in [1.54, 1.807) is 65.8 Å². The van der Waals surface area contributed by atoms with Crippen LogP contribution in [0.25, 0.3) is 0 Å². The monoisotopic (exact) mass is 851 g/mol. The molecule has 1 fully saturated rings. The molecule has 0 unspecified atom stereocenters. The van der Waals surface area contributed by atoms with Gasteiger partial charge < -0.3 is 38.8 Å². The van der Waals surface area contributed by atoms with Crippen molar-refractivity contribution < 1.29 is 62.3 Å². The Morgan fingerprint density at radius 1 is 0.583 bits per heavy atom. The highest BCUT2D eigenvalue weighted by Gasteiger charge is 2.26. The Hall–Kier alpha value is -4.36. The largest absolute Gasteiger partial charge is 0.513 e. The Morgan fingerprint density at radius 2 is 0.983 bits per heavy atom. The molecule has 0 spiro atoms. The number of hydrogen-bond donors (Lipinski definition) is 2. The van der Waals surface area contributed by atoms with Crippen LogP contribution in [0.15, 0.2) is 24.3 Å². The number of aliphatic carboxylic acids is 1. The molecule has 0 saturated carbocycles. The summed E-state index contributed by atoms with van der Waals surface area (Å²) in [6.07, 6.45) is -0.549. The third kappa shape index (κ3) is 26.0. The molecule has 0 atom stereocenters. The van der Waals surface area contributed by atoms with Crippen molar-refractivity contribution >= 4 is 35.9 Å². The molecule has 2 rings (SSSR count). The van der Waals surface area contributed by atoms with Crippen LogP contribution in [0.3, 0.4) is 0 Å². The van der Waals surface area contributed by atoms with E-state index in [4.69, 9.17) is 33.5 Å². The van der Waals surface area contributed by atoms with Crippen molar-refractivity contribution in [3.8, 4) is 5.75 Å². The van der Waals surface area contributed by atoms with Crippen molar-refractivity contribution in [3.63, 3.8) is 0 Å². The summed E-state index contributed by atoms with van der Waals surface area (Å²) in [5.74, 6) is -2.03.